The van der Waals surface area contributed by atoms with E-state index >= 15 is 0 Å². The third-order valence-electron chi connectivity index (χ3n) is 3.87. The minimum atomic E-state index is 0. The molecule has 2 aliphatic rings. The van der Waals surface area contributed by atoms with Crippen LogP contribution >= 0.6 is 24.8 Å². The standard InChI is InChI=1S/C15H21N3O.2ClH/c19-15(10-16-12-4-2-1-3-5-12)17-13-8-9-18(11-13)14-6-7-14;;/h1-5,13-14,16H,6-11H2,(H,17,19);2*1H. The fraction of sp³-hybridized carbons (Fsp3) is 0.533. The van der Waals surface area contributed by atoms with E-state index in [0.29, 0.717) is 12.6 Å². The van der Waals surface area contributed by atoms with Crippen LogP contribution in [0.15, 0.2) is 30.3 Å². The molecule has 1 heterocycles. The largest absolute Gasteiger partial charge is 0.376 e. The molecule has 1 aromatic rings. The van der Waals surface area contributed by atoms with Gasteiger partial charge in [0.05, 0.1) is 6.54 Å². The molecular formula is C15H23Cl2N3O. The second kappa shape index (κ2) is 8.47. The molecule has 0 radical (unpaired) electrons. The minimum Gasteiger partial charge on any atom is -0.376 e. The Morgan fingerprint density at radius 2 is 1.86 bits per heavy atom. The fourth-order valence-electron chi connectivity index (χ4n) is 2.69. The van der Waals surface area contributed by atoms with Crippen LogP contribution in [0, 0.1) is 0 Å². The van der Waals surface area contributed by atoms with Gasteiger partial charge < -0.3 is 10.6 Å². The summed E-state index contributed by atoms with van der Waals surface area (Å²) in [5, 5.41) is 6.26. The lowest BCUT2D eigenvalue weighted by molar-refractivity contribution is -0.120. The molecule has 0 aromatic heterocycles. The van der Waals surface area contributed by atoms with Crippen molar-refractivity contribution >= 4 is 36.4 Å². The second-order valence-electron chi connectivity index (χ2n) is 5.50. The summed E-state index contributed by atoms with van der Waals surface area (Å²) < 4.78 is 0. The summed E-state index contributed by atoms with van der Waals surface area (Å²) in [5.74, 6) is 0.0894. The van der Waals surface area contributed by atoms with Crippen LogP contribution in [0.3, 0.4) is 0 Å². The Morgan fingerprint density at radius 3 is 2.52 bits per heavy atom. The number of benzene rings is 1. The number of carbonyl (C=O) groups is 1. The van der Waals surface area contributed by atoms with E-state index in [1.807, 2.05) is 30.3 Å². The highest BCUT2D eigenvalue weighted by Gasteiger charge is 2.34. The highest BCUT2D eigenvalue weighted by Crippen LogP contribution is 2.29. The van der Waals surface area contributed by atoms with Gasteiger partial charge in [-0.25, -0.2) is 0 Å². The minimum absolute atomic E-state index is 0. The SMILES string of the molecule is Cl.Cl.O=C(CNc1ccccc1)NC1CCN(C2CC2)C1. The van der Waals surface area contributed by atoms with Crippen molar-refractivity contribution in [3.8, 4) is 0 Å². The molecule has 1 atom stereocenters. The molecule has 4 nitrogen and oxygen atoms in total. The van der Waals surface area contributed by atoms with Crippen LogP contribution in [0.5, 0.6) is 0 Å². The van der Waals surface area contributed by atoms with Gasteiger partial charge in [0.1, 0.15) is 0 Å². The molecule has 0 bridgehead atoms. The number of anilines is 1. The number of nitrogens with one attached hydrogen (secondary N) is 2. The maximum absolute atomic E-state index is 11.9. The molecule has 118 valence electrons. The van der Waals surface area contributed by atoms with Gasteiger partial charge in [-0.05, 0) is 31.4 Å². The first-order valence-corrected chi connectivity index (χ1v) is 7.13. The number of nitrogens with zero attached hydrogens (tertiary/aromatic N) is 1. The Labute approximate surface area is 138 Å². The molecule has 2 fully saturated rings. The molecule has 1 amide bonds. The van der Waals surface area contributed by atoms with Crippen molar-refractivity contribution in [1.29, 1.82) is 0 Å². The lowest BCUT2D eigenvalue weighted by atomic mass is 10.2. The lowest BCUT2D eigenvalue weighted by Gasteiger charge is -2.16. The Balaban J connectivity index is 0.00000110. The van der Waals surface area contributed by atoms with Gasteiger partial charge >= 0.3 is 0 Å². The predicted molar refractivity (Wildman–Crippen MR) is 90.6 cm³/mol. The molecular weight excluding hydrogens is 309 g/mol. The number of rotatable bonds is 5. The summed E-state index contributed by atoms with van der Waals surface area (Å²) in [6.07, 6.45) is 3.78. The molecule has 1 aliphatic heterocycles. The van der Waals surface area contributed by atoms with E-state index < -0.39 is 0 Å². The van der Waals surface area contributed by atoms with Crippen LogP contribution in [0.4, 0.5) is 5.69 Å². The molecule has 0 spiro atoms. The molecule has 1 saturated heterocycles. The maximum atomic E-state index is 11.9. The van der Waals surface area contributed by atoms with E-state index in [-0.39, 0.29) is 30.7 Å². The Morgan fingerprint density at radius 1 is 1.14 bits per heavy atom. The first-order chi connectivity index (χ1) is 9.31. The van der Waals surface area contributed by atoms with E-state index in [2.05, 4.69) is 15.5 Å². The van der Waals surface area contributed by atoms with Crippen LogP contribution in [0.1, 0.15) is 19.3 Å². The van der Waals surface area contributed by atoms with Crippen molar-refractivity contribution < 1.29 is 4.79 Å². The first kappa shape index (κ1) is 18.1. The summed E-state index contributed by atoms with van der Waals surface area (Å²) in [5.41, 5.74) is 0.990. The van der Waals surface area contributed by atoms with Crippen molar-refractivity contribution in [3.05, 3.63) is 30.3 Å². The number of amides is 1. The molecule has 3 rings (SSSR count). The quantitative estimate of drug-likeness (QED) is 0.870. The Kier molecular flexibility index (Phi) is 7.29. The van der Waals surface area contributed by atoms with Crippen LogP contribution in [-0.2, 0) is 4.79 Å². The first-order valence-electron chi connectivity index (χ1n) is 7.13. The molecule has 6 heteroatoms. The number of hydrogen-bond donors (Lipinski definition) is 2. The summed E-state index contributed by atoms with van der Waals surface area (Å²) in [6, 6.07) is 11.0. The fourth-order valence-corrected chi connectivity index (χ4v) is 2.69. The molecule has 1 aromatic carbocycles. The van der Waals surface area contributed by atoms with Crippen molar-refractivity contribution in [2.24, 2.45) is 0 Å². The number of halogens is 2. The number of para-hydroxylation sites is 1. The summed E-state index contributed by atoms with van der Waals surface area (Å²) in [6.45, 7) is 2.52. The third-order valence-corrected chi connectivity index (χ3v) is 3.87. The van der Waals surface area contributed by atoms with E-state index in [1.165, 1.54) is 12.8 Å². The van der Waals surface area contributed by atoms with Crippen LogP contribution in [-0.4, -0.2) is 42.5 Å². The molecule has 1 saturated carbocycles. The third kappa shape index (κ3) is 5.38. The second-order valence-corrected chi connectivity index (χ2v) is 5.50. The smallest absolute Gasteiger partial charge is 0.239 e. The normalized spacial score (nSPS) is 21.0. The molecule has 1 unspecified atom stereocenters. The Bertz CT molecular complexity index is 440. The topological polar surface area (TPSA) is 44.4 Å². The zero-order chi connectivity index (χ0) is 13.1. The average molecular weight is 332 g/mol. The van der Waals surface area contributed by atoms with E-state index in [1.54, 1.807) is 0 Å². The van der Waals surface area contributed by atoms with Crippen molar-refractivity contribution in [2.45, 2.75) is 31.3 Å². The van der Waals surface area contributed by atoms with Gasteiger partial charge in [0.2, 0.25) is 5.91 Å². The van der Waals surface area contributed by atoms with Crippen LogP contribution < -0.4 is 10.6 Å². The zero-order valence-corrected chi connectivity index (χ0v) is 13.6. The monoisotopic (exact) mass is 331 g/mol. The highest BCUT2D eigenvalue weighted by molar-refractivity contribution is 5.85. The predicted octanol–water partition coefficient (Wildman–Crippen LogP) is 2.29. The number of carbonyl (C=O) groups excluding carboxylic acids is 1. The van der Waals surface area contributed by atoms with E-state index in [4.69, 9.17) is 0 Å². The molecule has 2 N–H and O–H groups in total. The number of likely N-dealkylation sites (tertiary alicyclic amines) is 1. The summed E-state index contributed by atoms with van der Waals surface area (Å²) in [4.78, 5) is 14.4. The van der Waals surface area contributed by atoms with Gasteiger partial charge in [-0.1, -0.05) is 18.2 Å². The summed E-state index contributed by atoms with van der Waals surface area (Å²) >= 11 is 0. The maximum Gasteiger partial charge on any atom is 0.239 e. The zero-order valence-electron chi connectivity index (χ0n) is 12.0. The van der Waals surface area contributed by atoms with Gasteiger partial charge in [0, 0.05) is 30.9 Å². The van der Waals surface area contributed by atoms with Gasteiger partial charge in [-0.3, -0.25) is 9.69 Å². The van der Waals surface area contributed by atoms with E-state index in [9.17, 15) is 4.79 Å². The van der Waals surface area contributed by atoms with Crippen LogP contribution in [0.25, 0.3) is 0 Å². The van der Waals surface area contributed by atoms with Gasteiger partial charge in [-0.15, -0.1) is 24.8 Å². The van der Waals surface area contributed by atoms with Gasteiger partial charge in [-0.2, -0.15) is 0 Å². The summed E-state index contributed by atoms with van der Waals surface area (Å²) in [7, 11) is 0. The van der Waals surface area contributed by atoms with Crippen LogP contribution in [0.2, 0.25) is 0 Å². The highest BCUT2D eigenvalue weighted by atomic mass is 35.5. The Hall–Kier alpha value is -0.970. The van der Waals surface area contributed by atoms with Gasteiger partial charge in [0.15, 0.2) is 0 Å². The number of hydrogen-bond acceptors (Lipinski definition) is 3. The van der Waals surface area contributed by atoms with Crippen molar-refractivity contribution in [1.82, 2.24) is 10.2 Å². The van der Waals surface area contributed by atoms with E-state index in [0.717, 1.165) is 31.2 Å². The molecule has 21 heavy (non-hydrogen) atoms. The van der Waals surface area contributed by atoms with Crippen molar-refractivity contribution in [2.75, 3.05) is 25.0 Å². The molecule has 1 aliphatic carbocycles. The van der Waals surface area contributed by atoms with Crippen molar-refractivity contribution in [3.63, 3.8) is 0 Å². The average Bonchev–Trinajstić information content (AvgIpc) is 3.19. The van der Waals surface area contributed by atoms with Gasteiger partial charge in [0.25, 0.3) is 0 Å². The lowest BCUT2D eigenvalue weighted by Crippen LogP contribution is -2.40.